The van der Waals surface area contributed by atoms with Gasteiger partial charge in [0.25, 0.3) is 5.91 Å². The van der Waals surface area contributed by atoms with Crippen LogP contribution in [0.1, 0.15) is 44.8 Å². The Morgan fingerprint density at radius 1 is 1.00 bits per heavy atom. The number of fused-ring (bicyclic) bond motifs is 1. The van der Waals surface area contributed by atoms with Gasteiger partial charge in [0, 0.05) is 22.6 Å². The SMILES string of the molecule is C[C@H](NC(=O)c1ccc2c(c1)OCCN2Cc1ccc(-c2ccccc2C(N)=O)cc1)c1ccc(SC(F)(F)F)cc1. The number of rotatable bonds is 8. The van der Waals surface area contributed by atoms with Crippen molar-refractivity contribution in [1.82, 2.24) is 5.32 Å². The fourth-order valence-corrected chi connectivity index (χ4v) is 5.40. The summed E-state index contributed by atoms with van der Waals surface area (Å²) in [6.45, 7) is 3.53. The van der Waals surface area contributed by atoms with Crippen molar-refractivity contribution in [2.45, 2.75) is 29.9 Å². The zero-order chi connectivity index (χ0) is 29.9. The normalized spacial score (nSPS) is 13.6. The second-order valence-corrected chi connectivity index (χ2v) is 11.0. The highest BCUT2D eigenvalue weighted by Gasteiger charge is 2.29. The van der Waals surface area contributed by atoms with Crippen LogP contribution in [0.5, 0.6) is 5.75 Å². The number of anilines is 1. The van der Waals surface area contributed by atoms with E-state index in [0.717, 1.165) is 22.4 Å². The van der Waals surface area contributed by atoms with E-state index in [1.807, 2.05) is 42.5 Å². The first-order chi connectivity index (χ1) is 20.1. The lowest BCUT2D eigenvalue weighted by molar-refractivity contribution is -0.0328. The number of hydrogen-bond donors (Lipinski definition) is 2. The topological polar surface area (TPSA) is 84.7 Å². The van der Waals surface area contributed by atoms with Crippen molar-refractivity contribution in [3.05, 3.63) is 113 Å². The Balaban J connectivity index is 1.25. The van der Waals surface area contributed by atoms with E-state index in [1.54, 1.807) is 43.3 Å². The summed E-state index contributed by atoms with van der Waals surface area (Å²) in [5.41, 5.74) is 6.39. The van der Waals surface area contributed by atoms with Crippen LogP contribution in [0, 0.1) is 0 Å². The molecular formula is C32H28F3N3O3S. The quantitative estimate of drug-likeness (QED) is 0.217. The van der Waals surface area contributed by atoms with Crippen LogP contribution >= 0.6 is 11.8 Å². The van der Waals surface area contributed by atoms with Gasteiger partial charge in [-0.05, 0) is 77.3 Å². The van der Waals surface area contributed by atoms with Gasteiger partial charge >= 0.3 is 5.51 Å². The Labute approximate surface area is 245 Å². The first kappa shape index (κ1) is 29.1. The zero-order valence-corrected chi connectivity index (χ0v) is 23.5. The molecule has 0 fully saturated rings. The van der Waals surface area contributed by atoms with Gasteiger partial charge in [0.1, 0.15) is 12.4 Å². The Kier molecular flexibility index (Phi) is 8.44. The second kappa shape index (κ2) is 12.2. The summed E-state index contributed by atoms with van der Waals surface area (Å²) in [4.78, 5) is 27.1. The minimum Gasteiger partial charge on any atom is -0.490 e. The number of nitrogens with one attached hydrogen (secondary N) is 1. The van der Waals surface area contributed by atoms with Crippen LogP contribution in [0.15, 0.2) is 95.9 Å². The predicted octanol–water partition coefficient (Wildman–Crippen LogP) is 6.95. The highest BCUT2D eigenvalue weighted by atomic mass is 32.2. The standard InChI is InChI=1S/C32H28F3N3O3S/c1-20(22-10-13-25(14-11-22)42-32(33,34)35)37-31(40)24-12-15-28-29(18-24)41-17-16-38(28)19-21-6-8-23(9-7-21)26-4-2-3-5-27(26)30(36)39/h2-15,18,20H,16-17,19H2,1H3,(H2,36,39)(H,37,40)/t20-/m0/s1. The maximum atomic E-state index is 13.0. The molecule has 2 amide bonds. The number of nitrogens with zero attached hydrogens (tertiary/aromatic N) is 1. The Morgan fingerprint density at radius 2 is 1.71 bits per heavy atom. The molecule has 6 nitrogen and oxygen atoms in total. The number of amides is 2. The molecule has 1 aliphatic rings. The van der Waals surface area contributed by atoms with Gasteiger partial charge in [0.2, 0.25) is 5.91 Å². The van der Waals surface area contributed by atoms with Crippen molar-refractivity contribution in [2.24, 2.45) is 5.73 Å². The van der Waals surface area contributed by atoms with Crippen molar-refractivity contribution < 1.29 is 27.5 Å². The molecule has 0 saturated carbocycles. The summed E-state index contributed by atoms with van der Waals surface area (Å²) in [5.74, 6) is -0.187. The van der Waals surface area contributed by atoms with Crippen LogP contribution in [0.25, 0.3) is 11.1 Å². The van der Waals surface area contributed by atoms with E-state index in [9.17, 15) is 22.8 Å². The van der Waals surface area contributed by atoms with Crippen molar-refractivity contribution in [3.8, 4) is 16.9 Å². The van der Waals surface area contributed by atoms with Crippen molar-refractivity contribution in [1.29, 1.82) is 0 Å². The molecule has 4 aromatic rings. The largest absolute Gasteiger partial charge is 0.490 e. The molecule has 0 aliphatic carbocycles. The monoisotopic (exact) mass is 591 g/mol. The smallest absolute Gasteiger partial charge is 0.446 e. The summed E-state index contributed by atoms with van der Waals surface area (Å²) in [5, 5.41) is 2.90. The molecule has 4 aromatic carbocycles. The van der Waals surface area contributed by atoms with E-state index >= 15 is 0 Å². The lowest BCUT2D eigenvalue weighted by Crippen LogP contribution is -2.32. The summed E-state index contributed by atoms with van der Waals surface area (Å²) in [7, 11) is 0. The average Bonchev–Trinajstić information content (AvgIpc) is 2.97. The number of hydrogen-bond acceptors (Lipinski definition) is 5. The van der Waals surface area contributed by atoms with E-state index in [2.05, 4.69) is 10.2 Å². The van der Waals surface area contributed by atoms with E-state index in [0.29, 0.717) is 42.1 Å². The van der Waals surface area contributed by atoms with Gasteiger partial charge in [-0.25, -0.2) is 0 Å². The molecule has 3 N–H and O–H groups in total. The zero-order valence-electron chi connectivity index (χ0n) is 22.7. The molecular weight excluding hydrogens is 563 g/mol. The van der Waals surface area contributed by atoms with Crippen molar-refractivity contribution in [3.63, 3.8) is 0 Å². The second-order valence-electron chi connectivity index (χ2n) is 9.87. The number of carbonyl (C=O) groups is 2. The molecule has 0 unspecified atom stereocenters. The Hall–Kier alpha value is -4.44. The fraction of sp³-hybridized carbons (Fsp3) is 0.188. The highest BCUT2D eigenvalue weighted by molar-refractivity contribution is 8.00. The van der Waals surface area contributed by atoms with Gasteiger partial charge < -0.3 is 20.7 Å². The van der Waals surface area contributed by atoms with Crippen LogP contribution in [0.2, 0.25) is 0 Å². The maximum absolute atomic E-state index is 13.0. The molecule has 0 saturated heterocycles. The number of carbonyl (C=O) groups excluding carboxylic acids is 2. The number of primary amides is 1. The molecule has 0 radical (unpaired) electrons. The average molecular weight is 592 g/mol. The summed E-state index contributed by atoms with van der Waals surface area (Å²) >= 11 is -0.174. The van der Waals surface area contributed by atoms with E-state index in [1.165, 1.54) is 12.1 Å². The number of halogens is 3. The summed E-state index contributed by atoms with van der Waals surface area (Å²) < 4.78 is 43.7. The van der Waals surface area contributed by atoms with Crippen molar-refractivity contribution >= 4 is 29.3 Å². The number of benzene rings is 4. The molecule has 0 bridgehead atoms. The van der Waals surface area contributed by atoms with Gasteiger partial charge in [0.05, 0.1) is 18.3 Å². The number of nitrogens with two attached hydrogens (primary N) is 1. The van der Waals surface area contributed by atoms with Crippen LogP contribution in [-0.2, 0) is 6.54 Å². The first-order valence-corrected chi connectivity index (χ1v) is 14.1. The first-order valence-electron chi connectivity index (χ1n) is 13.2. The predicted molar refractivity (Wildman–Crippen MR) is 158 cm³/mol. The third-order valence-electron chi connectivity index (χ3n) is 6.97. The van der Waals surface area contributed by atoms with E-state index in [4.69, 9.17) is 10.5 Å². The van der Waals surface area contributed by atoms with Crippen LogP contribution in [0.3, 0.4) is 0 Å². The van der Waals surface area contributed by atoms with Gasteiger partial charge in [-0.2, -0.15) is 13.2 Å². The van der Waals surface area contributed by atoms with Crippen LogP contribution in [-0.4, -0.2) is 30.5 Å². The van der Waals surface area contributed by atoms with Gasteiger partial charge in [-0.15, -0.1) is 0 Å². The molecule has 42 heavy (non-hydrogen) atoms. The molecule has 0 spiro atoms. The fourth-order valence-electron chi connectivity index (χ4n) is 4.86. The third kappa shape index (κ3) is 6.88. The maximum Gasteiger partial charge on any atom is 0.446 e. The summed E-state index contributed by atoms with van der Waals surface area (Å²) in [6, 6.07) is 26.0. The van der Waals surface area contributed by atoms with Crippen LogP contribution in [0.4, 0.5) is 18.9 Å². The third-order valence-corrected chi connectivity index (χ3v) is 7.71. The summed E-state index contributed by atoms with van der Waals surface area (Å²) in [6.07, 6.45) is 0. The van der Waals surface area contributed by atoms with E-state index < -0.39 is 17.5 Å². The molecule has 0 aromatic heterocycles. The minimum atomic E-state index is -4.35. The van der Waals surface area contributed by atoms with Gasteiger partial charge in [0.15, 0.2) is 0 Å². The van der Waals surface area contributed by atoms with Gasteiger partial charge in [-0.1, -0.05) is 54.6 Å². The number of ether oxygens (including phenoxy) is 1. The lowest BCUT2D eigenvalue weighted by atomic mass is 9.98. The Bertz CT molecular complexity index is 1590. The molecule has 10 heteroatoms. The van der Waals surface area contributed by atoms with Crippen LogP contribution < -0.4 is 20.7 Å². The number of thioether (sulfide) groups is 1. The highest BCUT2D eigenvalue weighted by Crippen LogP contribution is 2.37. The Morgan fingerprint density at radius 3 is 2.40 bits per heavy atom. The molecule has 1 aliphatic heterocycles. The molecule has 5 rings (SSSR count). The minimum absolute atomic E-state index is 0.0885. The number of alkyl halides is 3. The molecule has 1 heterocycles. The van der Waals surface area contributed by atoms with Crippen molar-refractivity contribution in [2.75, 3.05) is 18.1 Å². The van der Waals surface area contributed by atoms with Gasteiger partial charge in [-0.3, -0.25) is 9.59 Å². The molecule has 216 valence electrons. The van der Waals surface area contributed by atoms with E-state index in [-0.39, 0.29) is 22.6 Å². The lowest BCUT2D eigenvalue weighted by Gasteiger charge is -2.31. The molecule has 1 atom stereocenters.